The van der Waals surface area contributed by atoms with E-state index < -0.39 is 0 Å². The number of hydrogen-bond donors (Lipinski definition) is 2. The lowest BCUT2D eigenvalue weighted by atomic mass is 9.92. The van der Waals surface area contributed by atoms with Gasteiger partial charge in [-0.2, -0.15) is 0 Å². The van der Waals surface area contributed by atoms with Crippen LogP contribution in [-0.4, -0.2) is 24.1 Å². The predicted molar refractivity (Wildman–Crippen MR) is 93.6 cm³/mol. The van der Waals surface area contributed by atoms with E-state index >= 15 is 0 Å². The van der Waals surface area contributed by atoms with Crippen LogP contribution in [0.25, 0.3) is 0 Å². The lowest BCUT2D eigenvalue weighted by Crippen LogP contribution is -2.42. The fourth-order valence-corrected chi connectivity index (χ4v) is 2.93. The van der Waals surface area contributed by atoms with Gasteiger partial charge in [0.15, 0.2) is 0 Å². The van der Waals surface area contributed by atoms with E-state index in [-0.39, 0.29) is 17.4 Å². The van der Waals surface area contributed by atoms with Gasteiger partial charge >= 0.3 is 0 Å². The van der Waals surface area contributed by atoms with Crippen molar-refractivity contribution in [3.63, 3.8) is 0 Å². The number of hydrogen-bond acceptors (Lipinski definition) is 3. The largest absolute Gasteiger partial charge is 0.488 e. The average Bonchev–Trinajstić information content (AvgIpc) is 2.44. The molecule has 0 radical (unpaired) electrons. The van der Waals surface area contributed by atoms with Crippen molar-refractivity contribution >= 4 is 5.91 Å². The van der Waals surface area contributed by atoms with Crippen molar-refractivity contribution in [1.82, 2.24) is 10.6 Å². The topological polar surface area (TPSA) is 50.4 Å². The first kappa shape index (κ1) is 17.8. The lowest BCUT2D eigenvalue weighted by molar-refractivity contribution is -0.126. The Balaban J connectivity index is 2.00. The Bertz CT molecular complexity index is 549. The Morgan fingerprint density at radius 3 is 2.78 bits per heavy atom. The summed E-state index contributed by atoms with van der Waals surface area (Å²) >= 11 is 0. The third-order valence-electron chi connectivity index (χ3n) is 4.09. The summed E-state index contributed by atoms with van der Waals surface area (Å²) in [6, 6.07) is 6.56. The molecule has 0 spiro atoms. The maximum atomic E-state index is 12.4. The third-order valence-corrected chi connectivity index (χ3v) is 4.09. The maximum Gasteiger partial charge on any atom is 0.223 e. The van der Waals surface area contributed by atoms with Gasteiger partial charge in [-0.05, 0) is 65.6 Å². The fourth-order valence-electron chi connectivity index (χ4n) is 2.93. The van der Waals surface area contributed by atoms with E-state index in [1.54, 1.807) is 0 Å². The summed E-state index contributed by atoms with van der Waals surface area (Å²) in [5, 5.41) is 6.47. The van der Waals surface area contributed by atoms with Crippen LogP contribution in [0.5, 0.6) is 5.75 Å². The van der Waals surface area contributed by atoms with Gasteiger partial charge in [-0.1, -0.05) is 12.1 Å². The third kappa shape index (κ3) is 5.54. The van der Waals surface area contributed by atoms with Gasteiger partial charge in [0.05, 0.1) is 0 Å². The zero-order valence-corrected chi connectivity index (χ0v) is 15.0. The Morgan fingerprint density at radius 2 is 2.13 bits per heavy atom. The van der Waals surface area contributed by atoms with Crippen LogP contribution in [0.15, 0.2) is 18.2 Å². The molecule has 0 unspecified atom stereocenters. The van der Waals surface area contributed by atoms with Crippen molar-refractivity contribution in [1.29, 1.82) is 0 Å². The molecule has 0 aromatic heterocycles. The van der Waals surface area contributed by atoms with Crippen LogP contribution < -0.4 is 15.4 Å². The van der Waals surface area contributed by atoms with Gasteiger partial charge in [0.2, 0.25) is 5.91 Å². The molecule has 0 aliphatic carbocycles. The van der Waals surface area contributed by atoms with Crippen LogP contribution in [0.2, 0.25) is 0 Å². The van der Waals surface area contributed by atoms with E-state index in [0.29, 0.717) is 12.6 Å². The molecule has 23 heavy (non-hydrogen) atoms. The van der Waals surface area contributed by atoms with E-state index in [2.05, 4.69) is 23.6 Å². The molecule has 1 heterocycles. The summed E-state index contributed by atoms with van der Waals surface area (Å²) in [6.45, 7) is 11.7. The quantitative estimate of drug-likeness (QED) is 0.896. The van der Waals surface area contributed by atoms with Crippen molar-refractivity contribution < 1.29 is 9.53 Å². The number of carbonyl (C=O) groups is 1. The smallest absolute Gasteiger partial charge is 0.223 e. The second-order valence-corrected chi connectivity index (χ2v) is 7.62. The van der Waals surface area contributed by atoms with E-state index in [1.807, 2.05) is 39.8 Å². The first-order chi connectivity index (χ1) is 10.7. The fraction of sp³-hybridized carbons (Fsp3) is 0.632. The van der Waals surface area contributed by atoms with Gasteiger partial charge in [-0.3, -0.25) is 4.79 Å². The number of ether oxygens (including phenoxy) is 1. The molecular formula is C19H30N2O2. The molecule has 2 N–H and O–H groups in total. The van der Waals surface area contributed by atoms with Gasteiger partial charge in [0.25, 0.3) is 0 Å². The highest BCUT2D eigenvalue weighted by atomic mass is 16.5. The van der Waals surface area contributed by atoms with E-state index in [9.17, 15) is 4.79 Å². The Labute approximate surface area is 140 Å². The first-order valence-corrected chi connectivity index (χ1v) is 8.54. The van der Waals surface area contributed by atoms with Gasteiger partial charge < -0.3 is 15.4 Å². The highest BCUT2D eigenvalue weighted by Crippen LogP contribution is 2.25. The van der Waals surface area contributed by atoms with Crippen molar-refractivity contribution in [2.75, 3.05) is 6.54 Å². The minimum Gasteiger partial charge on any atom is -0.488 e. The average molecular weight is 318 g/mol. The molecular weight excluding hydrogens is 288 g/mol. The van der Waals surface area contributed by atoms with E-state index in [1.165, 1.54) is 0 Å². The van der Waals surface area contributed by atoms with Gasteiger partial charge in [0.1, 0.15) is 11.4 Å². The number of aryl methyl sites for hydroxylation is 1. The van der Waals surface area contributed by atoms with Gasteiger partial charge in [-0.15, -0.1) is 0 Å². The zero-order chi connectivity index (χ0) is 17.0. The normalized spacial score (nSPS) is 21.8. The molecule has 0 bridgehead atoms. The number of carbonyl (C=O) groups excluding carboxylic acids is 1. The van der Waals surface area contributed by atoms with Crippen molar-refractivity contribution in [3.05, 3.63) is 29.3 Å². The molecule has 1 aliphatic heterocycles. The summed E-state index contributed by atoms with van der Waals surface area (Å²) in [5.74, 6) is 1.13. The van der Waals surface area contributed by atoms with E-state index in [0.717, 1.165) is 36.3 Å². The molecule has 1 aliphatic rings. The van der Waals surface area contributed by atoms with Crippen LogP contribution in [0.4, 0.5) is 0 Å². The zero-order valence-electron chi connectivity index (χ0n) is 15.0. The second kappa shape index (κ2) is 7.35. The molecule has 0 saturated carbocycles. The molecule has 1 amide bonds. The van der Waals surface area contributed by atoms with Crippen LogP contribution in [-0.2, 0) is 11.3 Å². The van der Waals surface area contributed by atoms with Crippen LogP contribution in [0.3, 0.4) is 0 Å². The molecule has 2 rings (SSSR count). The minimum absolute atomic E-state index is 0.115. The number of piperidine rings is 1. The molecule has 1 aromatic rings. The predicted octanol–water partition coefficient (Wildman–Crippen LogP) is 3.18. The molecule has 2 atom stereocenters. The summed E-state index contributed by atoms with van der Waals surface area (Å²) < 4.78 is 6.05. The van der Waals surface area contributed by atoms with Crippen LogP contribution in [0.1, 0.15) is 51.7 Å². The van der Waals surface area contributed by atoms with Crippen LogP contribution >= 0.6 is 0 Å². The van der Waals surface area contributed by atoms with Crippen LogP contribution in [0, 0.1) is 12.8 Å². The van der Waals surface area contributed by atoms with Gasteiger partial charge in [-0.25, -0.2) is 0 Å². The molecule has 1 saturated heterocycles. The van der Waals surface area contributed by atoms with Crippen molar-refractivity contribution in [3.8, 4) is 5.75 Å². The van der Waals surface area contributed by atoms with E-state index in [4.69, 9.17) is 4.74 Å². The molecule has 4 heteroatoms. The number of rotatable bonds is 4. The SMILES string of the molecule is Cc1ccc(CNC(=O)[C@H]2CCN[C@@H](C)C2)c(OC(C)(C)C)c1. The summed E-state index contributed by atoms with van der Waals surface area (Å²) in [5.41, 5.74) is 1.93. The van der Waals surface area contributed by atoms with Gasteiger partial charge in [0, 0.05) is 24.1 Å². The Kier molecular flexibility index (Phi) is 5.69. The van der Waals surface area contributed by atoms with Crippen molar-refractivity contribution in [2.45, 2.75) is 65.6 Å². The summed E-state index contributed by atoms with van der Waals surface area (Å²) in [4.78, 5) is 12.4. The molecule has 4 nitrogen and oxygen atoms in total. The lowest BCUT2D eigenvalue weighted by Gasteiger charge is -2.27. The summed E-state index contributed by atoms with van der Waals surface area (Å²) in [6.07, 6.45) is 1.82. The Morgan fingerprint density at radius 1 is 1.39 bits per heavy atom. The highest BCUT2D eigenvalue weighted by molar-refractivity contribution is 5.78. The maximum absolute atomic E-state index is 12.4. The number of nitrogens with one attached hydrogen (secondary N) is 2. The standard InChI is InChI=1S/C19H30N2O2/c1-13-6-7-16(17(10-13)23-19(3,4)5)12-21-18(22)15-8-9-20-14(2)11-15/h6-7,10,14-15,20H,8-9,11-12H2,1-5H3,(H,21,22)/t14-,15-/m0/s1. The summed E-state index contributed by atoms with van der Waals surface area (Å²) in [7, 11) is 0. The number of benzene rings is 1. The molecule has 1 aromatic carbocycles. The number of amides is 1. The highest BCUT2D eigenvalue weighted by Gasteiger charge is 2.24. The second-order valence-electron chi connectivity index (χ2n) is 7.62. The molecule has 1 fully saturated rings. The first-order valence-electron chi connectivity index (χ1n) is 8.54. The van der Waals surface area contributed by atoms with Crippen molar-refractivity contribution in [2.24, 2.45) is 5.92 Å². The minimum atomic E-state index is -0.253. The molecule has 128 valence electrons. The Hall–Kier alpha value is -1.55. The monoisotopic (exact) mass is 318 g/mol.